The van der Waals surface area contributed by atoms with Crippen LogP contribution in [-0.2, 0) is 16.1 Å². The fourth-order valence-electron chi connectivity index (χ4n) is 3.12. The molecule has 1 heterocycles. The number of nitrogens with zero attached hydrogens (tertiary/aromatic N) is 1. The highest BCUT2D eigenvalue weighted by atomic mass is 16.5. The van der Waals surface area contributed by atoms with E-state index in [-0.39, 0.29) is 6.23 Å². The Bertz CT molecular complexity index is 689. The summed E-state index contributed by atoms with van der Waals surface area (Å²) in [4.78, 5) is 13.4. The standard InChI is InChI=1S/C19H21NO4/c1-23-18-17(19(21)22)10-11-20(18)13-14-6-5-9-16(12-14)24-15-7-3-2-4-8-15/h2-9,12,17-18H,10-11,13H2,1H3,(H,21,22). The lowest BCUT2D eigenvalue weighted by Crippen LogP contribution is -2.36. The van der Waals surface area contributed by atoms with Crippen LogP contribution in [0.25, 0.3) is 0 Å². The van der Waals surface area contributed by atoms with E-state index in [2.05, 4.69) is 4.90 Å². The number of hydrogen-bond donors (Lipinski definition) is 1. The summed E-state index contributed by atoms with van der Waals surface area (Å²) < 4.78 is 11.3. The van der Waals surface area contributed by atoms with Crippen LogP contribution in [0.3, 0.4) is 0 Å². The lowest BCUT2D eigenvalue weighted by atomic mass is 10.1. The average Bonchev–Trinajstić information content (AvgIpc) is 2.99. The maximum Gasteiger partial charge on any atom is 0.310 e. The molecule has 2 aromatic rings. The molecular weight excluding hydrogens is 306 g/mol. The van der Waals surface area contributed by atoms with Crippen molar-refractivity contribution in [3.63, 3.8) is 0 Å². The van der Waals surface area contributed by atoms with E-state index in [0.29, 0.717) is 19.5 Å². The molecule has 5 nitrogen and oxygen atoms in total. The first-order valence-electron chi connectivity index (χ1n) is 7.99. The number of hydrogen-bond acceptors (Lipinski definition) is 4. The van der Waals surface area contributed by atoms with Gasteiger partial charge in [0.25, 0.3) is 0 Å². The maximum absolute atomic E-state index is 11.3. The van der Waals surface area contributed by atoms with Gasteiger partial charge in [-0.3, -0.25) is 9.69 Å². The van der Waals surface area contributed by atoms with Crippen LogP contribution in [0, 0.1) is 5.92 Å². The number of para-hydroxylation sites is 1. The predicted molar refractivity (Wildman–Crippen MR) is 89.9 cm³/mol. The minimum atomic E-state index is -0.800. The van der Waals surface area contributed by atoms with Gasteiger partial charge in [0.1, 0.15) is 17.7 Å². The number of carboxylic acids is 1. The summed E-state index contributed by atoms with van der Waals surface area (Å²) in [6, 6.07) is 17.5. The van der Waals surface area contributed by atoms with Crippen molar-refractivity contribution >= 4 is 5.97 Å². The largest absolute Gasteiger partial charge is 0.481 e. The highest BCUT2D eigenvalue weighted by Crippen LogP contribution is 2.28. The third-order valence-corrected chi connectivity index (χ3v) is 4.25. The van der Waals surface area contributed by atoms with Crippen molar-refractivity contribution in [1.82, 2.24) is 4.90 Å². The molecule has 1 fully saturated rings. The Hall–Kier alpha value is -2.37. The molecule has 2 aromatic carbocycles. The van der Waals surface area contributed by atoms with E-state index in [0.717, 1.165) is 17.1 Å². The van der Waals surface area contributed by atoms with Gasteiger partial charge in [0.15, 0.2) is 0 Å². The molecule has 2 atom stereocenters. The topological polar surface area (TPSA) is 59.0 Å². The maximum atomic E-state index is 11.3. The van der Waals surface area contributed by atoms with Crippen molar-refractivity contribution in [3.8, 4) is 11.5 Å². The van der Waals surface area contributed by atoms with Gasteiger partial charge in [0.05, 0.1) is 5.92 Å². The van der Waals surface area contributed by atoms with Crippen LogP contribution in [0.1, 0.15) is 12.0 Å². The summed E-state index contributed by atoms with van der Waals surface area (Å²) in [5.41, 5.74) is 1.07. The van der Waals surface area contributed by atoms with Gasteiger partial charge in [-0.25, -0.2) is 0 Å². The smallest absolute Gasteiger partial charge is 0.310 e. The molecule has 126 valence electrons. The normalized spacial score (nSPS) is 20.9. The van der Waals surface area contributed by atoms with Crippen LogP contribution in [-0.4, -0.2) is 35.9 Å². The van der Waals surface area contributed by atoms with Gasteiger partial charge in [-0.2, -0.15) is 0 Å². The molecule has 3 rings (SSSR count). The molecule has 0 spiro atoms. The first-order valence-corrected chi connectivity index (χ1v) is 7.99. The Kier molecular flexibility index (Phi) is 5.13. The Labute approximate surface area is 141 Å². The Morgan fingerprint density at radius 3 is 2.62 bits per heavy atom. The number of ether oxygens (including phenoxy) is 2. The zero-order valence-electron chi connectivity index (χ0n) is 13.6. The van der Waals surface area contributed by atoms with Gasteiger partial charge in [-0.15, -0.1) is 0 Å². The molecule has 0 saturated carbocycles. The van der Waals surface area contributed by atoms with E-state index in [9.17, 15) is 9.90 Å². The van der Waals surface area contributed by atoms with E-state index in [1.807, 2.05) is 54.6 Å². The first-order chi connectivity index (χ1) is 11.7. The van der Waals surface area contributed by atoms with Crippen molar-refractivity contribution in [3.05, 3.63) is 60.2 Å². The van der Waals surface area contributed by atoms with E-state index in [4.69, 9.17) is 9.47 Å². The molecule has 24 heavy (non-hydrogen) atoms. The number of likely N-dealkylation sites (tertiary alicyclic amines) is 1. The van der Waals surface area contributed by atoms with Crippen LogP contribution in [0.5, 0.6) is 11.5 Å². The fraction of sp³-hybridized carbons (Fsp3) is 0.316. The first kappa shape index (κ1) is 16.5. The average molecular weight is 327 g/mol. The van der Waals surface area contributed by atoms with Crippen molar-refractivity contribution in [2.75, 3.05) is 13.7 Å². The molecule has 0 aliphatic carbocycles. The molecular formula is C19H21NO4. The Morgan fingerprint density at radius 2 is 1.92 bits per heavy atom. The molecule has 1 aliphatic rings. The van der Waals surface area contributed by atoms with Gasteiger partial charge >= 0.3 is 5.97 Å². The number of carbonyl (C=O) groups is 1. The van der Waals surface area contributed by atoms with Crippen molar-refractivity contribution < 1.29 is 19.4 Å². The number of methoxy groups -OCH3 is 1. The van der Waals surface area contributed by atoms with Crippen LogP contribution in [0.15, 0.2) is 54.6 Å². The van der Waals surface area contributed by atoms with Crippen LogP contribution >= 0.6 is 0 Å². The number of benzene rings is 2. The second-order valence-electron chi connectivity index (χ2n) is 5.89. The van der Waals surface area contributed by atoms with Gasteiger partial charge in [-0.1, -0.05) is 30.3 Å². The van der Waals surface area contributed by atoms with Gasteiger partial charge in [0, 0.05) is 20.2 Å². The van der Waals surface area contributed by atoms with Gasteiger partial charge in [0.2, 0.25) is 0 Å². The monoisotopic (exact) mass is 327 g/mol. The van der Waals surface area contributed by atoms with Crippen LogP contribution in [0.2, 0.25) is 0 Å². The number of rotatable bonds is 6. The second kappa shape index (κ2) is 7.47. The lowest BCUT2D eigenvalue weighted by molar-refractivity contribution is -0.149. The molecule has 1 N–H and O–H groups in total. The van der Waals surface area contributed by atoms with E-state index < -0.39 is 11.9 Å². The van der Waals surface area contributed by atoms with Crippen LogP contribution < -0.4 is 4.74 Å². The summed E-state index contributed by atoms with van der Waals surface area (Å²) in [6.45, 7) is 1.34. The summed E-state index contributed by atoms with van der Waals surface area (Å²) in [5.74, 6) is 0.280. The third-order valence-electron chi connectivity index (χ3n) is 4.25. The fourth-order valence-corrected chi connectivity index (χ4v) is 3.12. The molecule has 0 bridgehead atoms. The SMILES string of the molecule is COC1C(C(=O)O)CCN1Cc1cccc(Oc2ccccc2)c1. The van der Waals surface area contributed by atoms with Crippen molar-refractivity contribution in [2.24, 2.45) is 5.92 Å². The predicted octanol–water partition coefficient (Wildman–Crippen LogP) is 3.36. The molecule has 2 unspecified atom stereocenters. The van der Waals surface area contributed by atoms with E-state index in [1.165, 1.54) is 0 Å². The van der Waals surface area contributed by atoms with Crippen molar-refractivity contribution in [1.29, 1.82) is 0 Å². The third kappa shape index (κ3) is 3.75. The lowest BCUT2D eigenvalue weighted by Gasteiger charge is -2.25. The van der Waals surface area contributed by atoms with Gasteiger partial charge < -0.3 is 14.6 Å². The summed E-state index contributed by atoms with van der Waals surface area (Å²) in [7, 11) is 1.56. The summed E-state index contributed by atoms with van der Waals surface area (Å²) in [5, 5.41) is 9.28. The van der Waals surface area contributed by atoms with E-state index >= 15 is 0 Å². The minimum Gasteiger partial charge on any atom is -0.481 e. The molecule has 1 aliphatic heterocycles. The molecule has 1 saturated heterocycles. The highest BCUT2D eigenvalue weighted by molar-refractivity contribution is 5.71. The minimum absolute atomic E-state index is 0.388. The number of aliphatic carboxylic acids is 1. The quantitative estimate of drug-likeness (QED) is 0.881. The number of carboxylic acid groups (broad SMARTS) is 1. The Balaban J connectivity index is 1.69. The van der Waals surface area contributed by atoms with E-state index in [1.54, 1.807) is 7.11 Å². The second-order valence-corrected chi connectivity index (χ2v) is 5.89. The molecule has 5 heteroatoms. The molecule has 0 amide bonds. The molecule has 0 aromatic heterocycles. The zero-order chi connectivity index (χ0) is 16.9. The summed E-state index contributed by atoms with van der Waals surface area (Å²) in [6.07, 6.45) is 0.217. The highest BCUT2D eigenvalue weighted by Gasteiger charge is 2.38. The van der Waals surface area contributed by atoms with Crippen molar-refractivity contribution in [2.45, 2.75) is 19.2 Å². The Morgan fingerprint density at radius 1 is 1.17 bits per heavy atom. The van der Waals surface area contributed by atoms with Crippen LogP contribution in [0.4, 0.5) is 0 Å². The zero-order valence-corrected chi connectivity index (χ0v) is 13.6. The summed E-state index contributed by atoms with van der Waals surface area (Å²) >= 11 is 0. The molecule has 0 radical (unpaired) electrons. The van der Waals surface area contributed by atoms with Gasteiger partial charge in [-0.05, 0) is 36.2 Å².